The lowest BCUT2D eigenvalue weighted by Gasteiger charge is -2.50. The van der Waals surface area contributed by atoms with Crippen molar-refractivity contribution in [1.82, 2.24) is 10.6 Å². The molecule has 7 fully saturated rings. The van der Waals surface area contributed by atoms with E-state index in [-0.39, 0.29) is 0 Å². The highest BCUT2D eigenvalue weighted by atomic mass is 16.8. The maximum Gasteiger partial charge on any atom is 0.217 e. The molecule has 0 aliphatic carbocycles. The van der Waals surface area contributed by atoms with Crippen LogP contribution in [0.15, 0.2) is 0 Å². The molecule has 0 radical (unpaired) electrons. The first kappa shape index (κ1) is 69.1. The van der Waals surface area contributed by atoms with Crippen LogP contribution in [0, 0.1) is 0 Å². The van der Waals surface area contributed by atoms with Gasteiger partial charge in [-0.15, -0.1) is 0 Å². The summed E-state index contributed by atoms with van der Waals surface area (Å²) in [6, 6.07) is -3.37. The van der Waals surface area contributed by atoms with Crippen molar-refractivity contribution in [2.75, 3.05) is 46.2 Å². The van der Waals surface area contributed by atoms with Crippen molar-refractivity contribution in [2.24, 2.45) is 0 Å². The van der Waals surface area contributed by atoms with Gasteiger partial charge in [0.25, 0.3) is 0 Å². The monoisotopic (exact) mass is 1230 g/mol. The van der Waals surface area contributed by atoms with Gasteiger partial charge in [0.2, 0.25) is 11.8 Å². The molecular weight excluding hydrogens is 1160 g/mol. The van der Waals surface area contributed by atoms with Gasteiger partial charge in [-0.2, -0.15) is 0 Å². The molecule has 7 aliphatic heterocycles. The fraction of sp³-hybridized carbons (Fsp3) is 0.957. The Hall–Kier alpha value is -2.42. The Balaban J connectivity index is 1.17. The lowest BCUT2D eigenvalue weighted by atomic mass is 9.94. The van der Waals surface area contributed by atoms with Gasteiger partial charge < -0.3 is 179 Å². The molecule has 7 rings (SSSR count). The molecule has 7 saturated heterocycles. The minimum absolute atomic E-state index is 0.738. The number of amides is 2. The lowest BCUT2D eigenvalue weighted by Crippen LogP contribution is -2.70. The molecular formula is C46H78N2O36. The van der Waals surface area contributed by atoms with Crippen LogP contribution in [0.2, 0.25) is 0 Å². The van der Waals surface area contributed by atoms with Crippen LogP contribution in [-0.4, -0.2) is 380 Å². The third-order valence-corrected chi connectivity index (χ3v) is 15.3. The van der Waals surface area contributed by atoms with Crippen LogP contribution in [0.3, 0.4) is 0 Å². The number of carbonyl (C=O) groups is 2. The van der Waals surface area contributed by atoms with Gasteiger partial charge in [0, 0.05) is 13.8 Å². The molecule has 0 spiro atoms. The van der Waals surface area contributed by atoms with Gasteiger partial charge in [0.15, 0.2) is 44.0 Å². The number of nitrogens with one attached hydrogen (secondary N) is 2. The second-order valence-electron chi connectivity index (χ2n) is 21.1. The smallest absolute Gasteiger partial charge is 0.217 e. The summed E-state index contributed by atoms with van der Waals surface area (Å²) in [4.78, 5) is 24.6. The molecule has 0 aromatic heterocycles. The maximum absolute atomic E-state index is 12.7. The summed E-state index contributed by atoms with van der Waals surface area (Å²) in [5.74, 6) is -1.61. The molecule has 23 N–H and O–H groups in total. The van der Waals surface area contributed by atoms with Gasteiger partial charge >= 0.3 is 0 Å². The summed E-state index contributed by atoms with van der Waals surface area (Å²) in [5, 5.41) is 231. The van der Waals surface area contributed by atoms with E-state index in [1.807, 2.05) is 0 Å². The Morgan fingerprint density at radius 1 is 0.310 bits per heavy atom. The second-order valence-corrected chi connectivity index (χ2v) is 21.1. The van der Waals surface area contributed by atoms with E-state index in [1.165, 1.54) is 0 Å². The van der Waals surface area contributed by atoms with Gasteiger partial charge in [0.05, 0.1) is 46.2 Å². The Bertz CT molecular complexity index is 2060. The number of aliphatic hydroxyl groups excluding tert-OH is 21. The first-order valence-electron chi connectivity index (χ1n) is 26.6. The molecule has 0 unspecified atom stereocenters. The predicted octanol–water partition coefficient (Wildman–Crippen LogP) is -16.0. The predicted molar refractivity (Wildman–Crippen MR) is 255 cm³/mol. The molecule has 7 heterocycles. The summed E-state index contributed by atoms with van der Waals surface area (Å²) in [6.07, 6.45) is -65.1. The summed E-state index contributed by atoms with van der Waals surface area (Å²) in [7, 11) is 0. The molecule has 0 saturated carbocycles. The van der Waals surface area contributed by atoms with Gasteiger partial charge in [-0.05, 0) is 0 Å². The largest absolute Gasteiger partial charge is 0.394 e. The topological polar surface area (TPSA) is 603 Å². The first-order chi connectivity index (χ1) is 39.7. The number of ether oxygens (including phenoxy) is 13. The molecule has 2 amide bonds. The minimum atomic E-state index is -2.34. The summed E-state index contributed by atoms with van der Waals surface area (Å²) in [6.45, 7) is -4.78. The van der Waals surface area contributed by atoms with E-state index < -0.39 is 273 Å². The lowest BCUT2D eigenvalue weighted by molar-refractivity contribution is -0.387. The zero-order valence-electron chi connectivity index (χ0n) is 44.7. The number of hydrogen-bond acceptors (Lipinski definition) is 36. The van der Waals surface area contributed by atoms with Crippen LogP contribution in [0.1, 0.15) is 13.8 Å². The van der Waals surface area contributed by atoms with Crippen LogP contribution in [0.25, 0.3) is 0 Å². The maximum atomic E-state index is 12.7. The molecule has 84 heavy (non-hydrogen) atoms. The van der Waals surface area contributed by atoms with Crippen molar-refractivity contribution >= 4 is 11.8 Å². The van der Waals surface area contributed by atoms with Gasteiger partial charge in [-0.3, -0.25) is 9.59 Å². The van der Waals surface area contributed by atoms with Crippen molar-refractivity contribution in [3.63, 3.8) is 0 Å². The van der Waals surface area contributed by atoms with Crippen LogP contribution in [0.4, 0.5) is 0 Å². The van der Waals surface area contributed by atoms with Crippen molar-refractivity contribution in [2.45, 2.75) is 229 Å². The third kappa shape index (κ3) is 14.9. The zero-order chi connectivity index (χ0) is 61.9. The average molecular weight is 1240 g/mol. The fourth-order valence-corrected chi connectivity index (χ4v) is 10.6. The summed E-state index contributed by atoms with van der Waals surface area (Å²) < 4.78 is 74.3. The third-order valence-electron chi connectivity index (χ3n) is 15.3. The van der Waals surface area contributed by atoms with Gasteiger partial charge in [-0.25, -0.2) is 0 Å². The van der Waals surface area contributed by atoms with Crippen molar-refractivity contribution in [3.8, 4) is 0 Å². The highest BCUT2D eigenvalue weighted by molar-refractivity contribution is 5.73. The molecule has 0 bridgehead atoms. The van der Waals surface area contributed by atoms with E-state index in [0.717, 1.165) is 13.8 Å². The van der Waals surface area contributed by atoms with Crippen molar-refractivity contribution in [1.29, 1.82) is 0 Å². The van der Waals surface area contributed by atoms with E-state index in [1.54, 1.807) is 0 Å². The van der Waals surface area contributed by atoms with Gasteiger partial charge in [0.1, 0.15) is 171 Å². The number of hydrogen-bond donors (Lipinski definition) is 23. The molecule has 38 heteroatoms. The summed E-state index contributed by atoms with van der Waals surface area (Å²) in [5.41, 5.74) is 0. The molecule has 0 aromatic rings. The van der Waals surface area contributed by atoms with E-state index in [0.29, 0.717) is 0 Å². The second kappa shape index (κ2) is 29.9. The Morgan fingerprint density at radius 2 is 0.607 bits per heavy atom. The Labute approximate surface area is 475 Å². The molecule has 35 atom stereocenters. The van der Waals surface area contributed by atoms with Crippen LogP contribution in [0.5, 0.6) is 0 Å². The Morgan fingerprint density at radius 3 is 1.04 bits per heavy atom. The number of rotatable bonds is 21. The summed E-state index contributed by atoms with van der Waals surface area (Å²) >= 11 is 0. The fourth-order valence-electron chi connectivity index (χ4n) is 10.6. The quantitative estimate of drug-likeness (QED) is 0.0507. The average Bonchev–Trinajstić information content (AvgIpc) is 1.64. The molecule has 488 valence electrons. The van der Waals surface area contributed by atoms with Crippen molar-refractivity contribution < 1.29 is 178 Å². The normalized spacial score (nSPS) is 50.3. The Kier molecular flexibility index (Phi) is 24.6. The first-order valence-corrected chi connectivity index (χ1v) is 26.6. The van der Waals surface area contributed by atoms with E-state index in [2.05, 4.69) is 10.6 Å². The standard InChI is InChI=1S/C46H78N2O36/c1-10(54)47-19-26(61)36(15(6-52)74-40(19)71)81-41-20(48-11(2)55)27(62)37(16(7-53)78-41)82-46-35(70)39(84-45-33(68)30(65)23(58)14(5-51)77-45)25(60)18(80-46)9-73-43-34(69)38(83-44-32(67)29(64)22(57)13(4-50)76-44)24(59)17(79-43)8-72-42-31(66)28(63)21(56)12(3-49)75-42/h12-46,49-53,56-71H,3-9H2,1-2H3,(H,47,54)(H,48,55)/t12-,13-,14-,15+,16-,17+,18+,19+,20-,21-,22-,23-,24+,25+,26+,27-,28+,29+,30+,31+,32+,33+,34-,35-,36+,37-,38-,39-,40+,41+,42+,43-,44-,45-,46-/m0/s1. The highest BCUT2D eigenvalue weighted by Gasteiger charge is 2.58. The number of carbonyl (C=O) groups excluding carboxylic acids is 2. The van der Waals surface area contributed by atoms with E-state index in [4.69, 9.17) is 61.6 Å². The van der Waals surface area contributed by atoms with Crippen LogP contribution in [-0.2, 0) is 71.2 Å². The van der Waals surface area contributed by atoms with E-state index in [9.17, 15) is 117 Å². The molecule has 7 aliphatic rings. The van der Waals surface area contributed by atoms with E-state index >= 15 is 0 Å². The van der Waals surface area contributed by atoms with Gasteiger partial charge in [-0.1, -0.05) is 0 Å². The molecule has 38 nitrogen and oxygen atoms in total. The number of aliphatic hydroxyl groups is 21. The highest BCUT2D eigenvalue weighted by Crippen LogP contribution is 2.37. The van der Waals surface area contributed by atoms with Crippen molar-refractivity contribution in [3.05, 3.63) is 0 Å². The zero-order valence-corrected chi connectivity index (χ0v) is 44.7. The van der Waals surface area contributed by atoms with Crippen LogP contribution < -0.4 is 10.6 Å². The minimum Gasteiger partial charge on any atom is -0.394 e. The SMILES string of the molecule is CC(=O)N[C@@H]1[C@@H](O[C@H]2[C@H](O)[C@@H](NC(C)=O)[C@H](O)O[C@@H]2CO)O[C@@H](CO)[C@H](O[C@@H]2O[C@H](CO[C@H]3O[C@H](CO[C@@H]4O[C@@H](CO)[C@H](O)[C@@H](O)[C@H]4O)[C@@H](O)[C@H](O[C@@H]4O[C@@H](CO)[C@H](O)[C@@H](O)[C@H]4O)[C@@H]3O)[C@@H](O)[C@H](O[C@@H]3O[C@@H](CO)[C@H](O)[C@@H](O)[C@H]3O)[C@@H]2O)[C@H]1O. The van der Waals surface area contributed by atoms with Crippen LogP contribution >= 0.6 is 0 Å². The molecule has 0 aromatic carbocycles.